The Morgan fingerprint density at radius 3 is 2.67 bits per heavy atom. The van der Waals surface area contributed by atoms with Gasteiger partial charge in [0.1, 0.15) is 12.4 Å². The molecule has 1 nitrogen and oxygen atoms in total. The molecule has 15 heavy (non-hydrogen) atoms. The second-order valence-corrected chi connectivity index (χ2v) is 3.31. The Balaban J connectivity index is 2.40. The molecule has 1 aromatic carbocycles. The van der Waals surface area contributed by atoms with E-state index in [1.807, 2.05) is 6.08 Å². The Hall–Kier alpha value is -1.45. The van der Waals surface area contributed by atoms with Crippen molar-refractivity contribution in [2.75, 3.05) is 6.61 Å². The zero-order chi connectivity index (χ0) is 10.9. The molecule has 0 spiro atoms. The third-order valence-electron chi connectivity index (χ3n) is 2.23. The molecular weight excluding hydrogens is 205 g/mol. The third-order valence-corrected chi connectivity index (χ3v) is 2.23. The predicted molar refractivity (Wildman–Crippen MR) is 49.8 cm³/mol. The van der Waals surface area contributed by atoms with Crippen molar-refractivity contribution in [2.45, 2.75) is 12.6 Å². The van der Waals surface area contributed by atoms with Gasteiger partial charge in [0.2, 0.25) is 0 Å². The highest BCUT2D eigenvalue weighted by molar-refractivity contribution is 5.40. The largest absolute Gasteiger partial charge is 0.489 e. The molecular formula is C11H9F3O. The van der Waals surface area contributed by atoms with E-state index in [2.05, 4.69) is 0 Å². The minimum absolute atomic E-state index is 0.415. The molecule has 80 valence electrons. The zero-order valence-electron chi connectivity index (χ0n) is 7.84. The van der Waals surface area contributed by atoms with Gasteiger partial charge in [-0.3, -0.25) is 0 Å². The van der Waals surface area contributed by atoms with Crippen molar-refractivity contribution in [1.29, 1.82) is 0 Å². The van der Waals surface area contributed by atoms with Gasteiger partial charge < -0.3 is 4.74 Å². The van der Waals surface area contributed by atoms with E-state index in [0.29, 0.717) is 24.3 Å². The van der Waals surface area contributed by atoms with E-state index in [1.54, 1.807) is 6.08 Å². The van der Waals surface area contributed by atoms with Gasteiger partial charge in [-0.05, 0) is 30.2 Å². The van der Waals surface area contributed by atoms with E-state index in [9.17, 15) is 13.2 Å². The molecule has 0 aromatic heterocycles. The normalized spacial score (nSPS) is 15.4. The first kappa shape index (κ1) is 10.1. The molecule has 0 unspecified atom stereocenters. The van der Waals surface area contributed by atoms with Crippen LogP contribution < -0.4 is 4.74 Å². The summed E-state index contributed by atoms with van der Waals surface area (Å²) in [5.41, 5.74) is -0.0428. The molecule has 0 bridgehead atoms. The topological polar surface area (TPSA) is 9.23 Å². The smallest absolute Gasteiger partial charge is 0.416 e. The summed E-state index contributed by atoms with van der Waals surface area (Å²) in [6, 6.07) is 3.57. The number of benzene rings is 1. The quantitative estimate of drug-likeness (QED) is 0.602. The first-order chi connectivity index (χ1) is 7.07. The Morgan fingerprint density at radius 1 is 1.13 bits per heavy atom. The summed E-state index contributed by atoms with van der Waals surface area (Å²) in [7, 11) is 0. The summed E-state index contributed by atoms with van der Waals surface area (Å²) in [6.07, 6.45) is -0.191. The molecule has 0 fully saturated rings. The fourth-order valence-electron chi connectivity index (χ4n) is 1.47. The van der Waals surface area contributed by atoms with Crippen molar-refractivity contribution in [1.82, 2.24) is 0 Å². The van der Waals surface area contributed by atoms with Gasteiger partial charge in [0.05, 0.1) is 5.56 Å². The SMILES string of the molecule is FC(F)(F)c1ccc2c(c1)CC=CCO2. The molecule has 0 aliphatic carbocycles. The fourth-order valence-corrected chi connectivity index (χ4v) is 1.47. The van der Waals surface area contributed by atoms with Crippen molar-refractivity contribution in [3.05, 3.63) is 41.5 Å². The Morgan fingerprint density at radius 2 is 1.93 bits per heavy atom. The van der Waals surface area contributed by atoms with Crippen LogP contribution in [0, 0.1) is 0 Å². The van der Waals surface area contributed by atoms with Gasteiger partial charge in [-0.1, -0.05) is 12.2 Å². The molecule has 1 aromatic rings. The molecule has 1 aliphatic heterocycles. The monoisotopic (exact) mass is 214 g/mol. The van der Waals surface area contributed by atoms with E-state index >= 15 is 0 Å². The Bertz CT molecular complexity index is 393. The average molecular weight is 214 g/mol. The summed E-state index contributed by atoms with van der Waals surface area (Å²) in [5.74, 6) is 0.535. The van der Waals surface area contributed by atoms with Crippen molar-refractivity contribution < 1.29 is 17.9 Å². The number of halogens is 3. The lowest BCUT2D eigenvalue weighted by molar-refractivity contribution is -0.137. The summed E-state index contributed by atoms with van der Waals surface area (Å²) >= 11 is 0. The zero-order valence-corrected chi connectivity index (χ0v) is 7.84. The van der Waals surface area contributed by atoms with E-state index in [4.69, 9.17) is 4.74 Å². The summed E-state index contributed by atoms with van der Waals surface area (Å²) in [6.45, 7) is 0.415. The summed E-state index contributed by atoms with van der Waals surface area (Å²) in [4.78, 5) is 0. The highest BCUT2D eigenvalue weighted by Gasteiger charge is 2.31. The van der Waals surface area contributed by atoms with Gasteiger partial charge in [-0.25, -0.2) is 0 Å². The van der Waals surface area contributed by atoms with Crippen LogP contribution in [-0.2, 0) is 12.6 Å². The third kappa shape index (κ3) is 2.14. The first-order valence-corrected chi connectivity index (χ1v) is 4.55. The first-order valence-electron chi connectivity index (χ1n) is 4.55. The van der Waals surface area contributed by atoms with Crippen LogP contribution in [0.5, 0.6) is 5.75 Å². The van der Waals surface area contributed by atoms with Crippen LogP contribution in [0.25, 0.3) is 0 Å². The molecule has 0 saturated carbocycles. The molecule has 1 heterocycles. The van der Waals surface area contributed by atoms with Crippen molar-refractivity contribution in [3.63, 3.8) is 0 Å². The van der Waals surface area contributed by atoms with Crippen LogP contribution in [0.4, 0.5) is 13.2 Å². The molecule has 0 atom stereocenters. The number of ether oxygens (including phenoxy) is 1. The average Bonchev–Trinajstić information content (AvgIpc) is 2.39. The Kier molecular flexibility index (Phi) is 2.42. The molecule has 2 rings (SSSR count). The second kappa shape index (κ2) is 3.61. The van der Waals surface area contributed by atoms with Gasteiger partial charge in [0.15, 0.2) is 0 Å². The van der Waals surface area contributed by atoms with E-state index in [0.717, 1.165) is 12.1 Å². The van der Waals surface area contributed by atoms with Gasteiger partial charge >= 0.3 is 6.18 Å². The predicted octanol–water partition coefficient (Wildman–Crippen LogP) is 3.20. The van der Waals surface area contributed by atoms with Crippen LogP contribution in [-0.4, -0.2) is 6.61 Å². The molecule has 0 N–H and O–H groups in total. The standard InChI is InChI=1S/C11H9F3O/c12-11(13,14)9-4-5-10-8(7-9)3-1-2-6-15-10/h1-2,4-5,7H,3,6H2. The second-order valence-electron chi connectivity index (χ2n) is 3.31. The number of alkyl halides is 3. The van der Waals surface area contributed by atoms with Crippen LogP contribution in [0.3, 0.4) is 0 Å². The lowest BCUT2D eigenvalue weighted by atomic mass is 10.1. The van der Waals surface area contributed by atoms with Crippen molar-refractivity contribution in [2.24, 2.45) is 0 Å². The van der Waals surface area contributed by atoms with E-state index in [-0.39, 0.29) is 0 Å². The number of hydrogen-bond acceptors (Lipinski definition) is 1. The number of allylic oxidation sites excluding steroid dienone is 1. The minimum atomic E-state index is -4.29. The molecule has 0 saturated heterocycles. The maximum absolute atomic E-state index is 12.4. The summed E-state index contributed by atoms with van der Waals surface area (Å²) < 4.78 is 42.5. The van der Waals surface area contributed by atoms with Crippen molar-refractivity contribution in [3.8, 4) is 5.75 Å². The van der Waals surface area contributed by atoms with Gasteiger partial charge in [0, 0.05) is 0 Å². The van der Waals surface area contributed by atoms with Gasteiger partial charge in [-0.15, -0.1) is 0 Å². The molecule has 1 aliphatic rings. The lowest BCUT2D eigenvalue weighted by Gasteiger charge is -2.11. The van der Waals surface area contributed by atoms with E-state index in [1.165, 1.54) is 6.07 Å². The minimum Gasteiger partial charge on any atom is -0.489 e. The van der Waals surface area contributed by atoms with Crippen LogP contribution in [0.2, 0.25) is 0 Å². The maximum Gasteiger partial charge on any atom is 0.416 e. The Labute approximate surface area is 85.2 Å². The highest BCUT2D eigenvalue weighted by atomic mass is 19.4. The number of fused-ring (bicyclic) bond motifs is 1. The van der Waals surface area contributed by atoms with Gasteiger partial charge in [-0.2, -0.15) is 13.2 Å². The van der Waals surface area contributed by atoms with Crippen LogP contribution in [0.1, 0.15) is 11.1 Å². The molecule has 0 amide bonds. The molecule has 0 radical (unpaired) electrons. The van der Waals surface area contributed by atoms with Crippen LogP contribution in [0.15, 0.2) is 30.4 Å². The molecule has 4 heteroatoms. The number of rotatable bonds is 0. The van der Waals surface area contributed by atoms with Crippen molar-refractivity contribution >= 4 is 0 Å². The summed E-state index contributed by atoms with van der Waals surface area (Å²) in [5, 5.41) is 0. The van der Waals surface area contributed by atoms with Gasteiger partial charge in [0.25, 0.3) is 0 Å². The highest BCUT2D eigenvalue weighted by Crippen LogP contribution is 2.33. The lowest BCUT2D eigenvalue weighted by Crippen LogP contribution is -2.06. The fraction of sp³-hybridized carbons (Fsp3) is 0.273. The number of hydrogen-bond donors (Lipinski definition) is 0. The van der Waals surface area contributed by atoms with E-state index < -0.39 is 11.7 Å². The maximum atomic E-state index is 12.4. The van der Waals surface area contributed by atoms with Crippen LogP contribution >= 0.6 is 0 Å².